The number of nitrogens with zero attached hydrogens (tertiary/aromatic N) is 1. The Morgan fingerprint density at radius 1 is 1.26 bits per heavy atom. The summed E-state index contributed by atoms with van der Waals surface area (Å²) in [5.74, 6) is 0. The molecule has 7 heteroatoms. The summed E-state index contributed by atoms with van der Waals surface area (Å²) >= 11 is 5.62. The first kappa shape index (κ1) is 15.6. The molecule has 2 amide bonds. The second-order valence-corrected chi connectivity index (χ2v) is 4.27. The molecule has 0 aliphatic heterocycles. The van der Waals surface area contributed by atoms with Crippen LogP contribution in [0.3, 0.4) is 0 Å². The van der Waals surface area contributed by atoms with E-state index in [2.05, 4.69) is 5.32 Å². The van der Waals surface area contributed by atoms with Crippen molar-refractivity contribution >= 4 is 23.3 Å². The molecule has 0 unspecified atom stereocenters. The Bertz CT molecular complexity index is 459. The Hall–Kier alpha value is -1.43. The van der Waals surface area contributed by atoms with Crippen molar-refractivity contribution < 1.29 is 18.0 Å². The minimum Gasteiger partial charge on any atom is -0.325 e. The molecule has 0 bridgehead atoms. The van der Waals surface area contributed by atoms with Crippen LogP contribution < -0.4 is 5.32 Å². The van der Waals surface area contributed by atoms with Gasteiger partial charge in [-0.3, -0.25) is 0 Å². The zero-order chi connectivity index (χ0) is 14.6. The van der Waals surface area contributed by atoms with Crippen molar-refractivity contribution in [2.75, 3.05) is 18.4 Å². The fourth-order valence-corrected chi connectivity index (χ4v) is 1.77. The van der Waals surface area contributed by atoms with Crippen LogP contribution in [-0.4, -0.2) is 24.0 Å². The second kappa shape index (κ2) is 6.14. The summed E-state index contributed by atoms with van der Waals surface area (Å²) < 4.78 is 37.8. The van der Waals surface area contributed by atoms with E-state index in [-0.39, 0.29) is 10.7 Å². The number of rotatable bonds is 3. The van der Waals surface area contributed by atoms with Gasteiger partial charge in [0.2, 0.25) is 0 Å². The van der Waals surface area contributed by atoms with Crippen LogP contribution in [0.2, 0.25) is 5.02 Å². The van der Waals surface area contributed by atoms with E-state index in [1.54, 1.807) is 13.8 Å². The summed E-state index contributed by atoms with van der Waals surface area (Å²) in [6.07, 6.45) is -4.50. The number of hydrogen-bond acceptors (Lipinski definition) is 1. The number of nitrogens with one attached hydrogen (secondary N) is 1. The molecule has 3 nitrogen and oxygen atoms in total. The molecule has 0 aliphatic carbocycles. The molecule has 1 aromatic rings. The van der Waals surface area contributed by atoms with Gasteiger partial charge in [0.25, 0.3) is 0 Å². The highest BCUT2D eigenvalue weighted by Gasteiger charge is 2.31. The van der Waals surface area contributed by atoms with Crippen LogP contribution in [0.4, 0.5) is 23.7 Å². The lowest BCUT2D eigenvalue weighted by atomic mass is 10.2. The first-order valence-corrected chi connectivity index (χ1v) is 6.09. The zero-order valence-corrected chi connectivity index (χ0v) is 11.3. The van der Waals surface area contributed by atoms with Crippen molar-refractivity contribution in [1.82, 2.24) is 4.90 Å². The third-order valence-electron chi connectivity index (χ3n) is 2.53. The van der Waals surface area contributed by atoms with Crippen LogP contribution in [-0.2, 0) is 6.18 Å². The van der Waals surface area contributed by atoms with Gasteiger partial charge in [0.1, 0.15) is 0 Å². The van der Waals surface area contributed by atoms with Crippen LogP contribution in [0.1, 0.15) is 19.4 Å². The minimum atomic E-state index is -4.50. The fourth-order valence-electron chi connectivity index (χ4n) is 1.54. The topological polar surface area (TPSA) is 32.3 Å². The Kier molecular flexibility index (Phi) is 5.05. The van der Waals surface area contributed by atoms with E-state index < -0.39 is 17.8 Å². The van der Waals surface area contributed by atoms with Gasteiger partial charge >= 0.3 is 12.2 Å². The van der Waals surface area contributed by atoms with Crippen LogP contribution in [0, 0.1) is 0 Å². The largest absolute Gasteiger partial charge is 0.416 e. The molecule has 1 aromatic carbocycles. The van der Waals surface area contributed by atoms with Crippen LogP contribution in [0.5, 0.6) is 0 Å². The minimum absolute atomic E-state index is 0.0247. The first-order chi connectivity index (χ1) is 8.77. The van der Waals surface area contributed by atoms with Crippen molar-refractivity contribution in [1.29, 1.82) is 0 Å². The van der Waals surface area contributed by atoms with Gasteiger partial charge in [0.15, 0.2) is 0 Å². The third kappa shape index (κ3) is 4.31. The van der Waals surface area contributed by atoms with Crippen molar-refractivity contribution in [3.05, 3.63) is 28.8 Å². The van der Waals surface area contributed by atoms with Gasteiger partial charge in [-0.25, -0.2) is 4.79 Å². The van der Waals surface area contributed by atoms with Crippen molar-refractivity contribution in [2.24, 2.45) is 0 Å². The number of alkyl halides is 3. The second-order valence-electron chi connectivity index (χ2n) is 3.83. The molecule has 0 atom stereocenters. The monoisotopic (exact) mass is 294 g/mol. The summed E-state index contributed by atoms with van der Waals surface area (Å²) in [6.45, 7) is 4.49. The van der Waals surface area contributed by atoms with E-state index in [1.165, 1.54) is 11.0 Å². The summed E-state index contributed by atoms with van der Waals surface area (Å²) in [5.41, 5.74) is -0.869. The smallest absolute Gasteiger partial charge is 0.325 e. The van der Waals surface area contributed by atoms with Crippen molar-refractivity contribution in [3.63, 3.8) is 0 Å². The lowest BCUT2D eigenvalue weighted by Gasteiger charge is -2.19. The molecular weight excluding hydrogens is 281 g/mol. The average molecular weight is 295 g/mol. The molecule has 0 aromatic heterocycles. The maximum Gasteiger partial charge on any atom is 0.416 e. The predicted molar refractivity (Wildman–Crippen MR) is 68.4 cm³/mol. The number of halogens is 4. The molecule has 0 saturated heterocycles. The van der Waals surface area contributed by atoms with E-state index in [4.69, 9.17) is 11.6 Å². The Labute approximate surface area is 114 Å². The number of carbonyl (C=O) groups is 1. The number of hydrogen-bond donors (Lipinski definition) is 1. The molecule has 0 heterocycles. The third-order valence-corrected chi connectivity index (χ3v) is 2.75. The predicted octanol–water partition coefficient (Wildman–Crippen LogP) is 4.23. The van der Waals surface area contributed by atoms with Gasteiger partial charge < -0.3 is 10.2 Å². The molecule has 0 radical (unpaired) electrons. The highest BCUT2D eigenvalue weighted by molar-refractivity contribution is 6.31. The number of benzene rings is 1. The Morgan fingerprint density at radius 3 is 2.32 bits per heavy atom. The van der Waals surface area contributed by atoms with Crippen molar-refractivity contribution in [3.8, 4) is 0 Å². The first-order valence-electron chi connectivity index (χ1n) is 5.71. The Balaban J connectivity index is 2.96. The molecule has 0 fully saturated rings. The van der Waals surface area contributed by atoms with E-state index in [1.807, 2.05) is 0 Å². The zero-order valence-electron chi connectivity index (χ0n) is 10.5. The van der Waals surface area contributed by atoms with Crippen LogP contribution in [0.25, 0.3) is 0 Å². The normalized spacial score (nSPS) is 11.3. The molecule has 1 rings (SSSR count). The maximum absolute atomic E-state index is 12.6. The SMILES string of the molecule is CCN(CC)C(=O)Nc1cc(Cl)cc(C(F)(F)F)c1. The number of anilines is 1. The van der Waals surface area contributed by atoms with Crippen LogP contribution >= 0.6 is 11.6 Å². The van der Waals surface area contributed by atoms with Gasteiger partial charge in [0.05, 0.1) is 5.56 Å². The summed E-state index contributed by atoms with van der Waals surface area (Å²) in [5, 5.41) is 2.32. The quantitative estimate of drug-likeness (QED) is 0.889. The molecule has 19 heavy (non-hydrogen) atoms. The number of urea groups is 1. The Morgan fingerprint density at radius 2 is 1.84 bits per heavy atom. The van der Waals surface area contributed by atoms with Gasteiger partial charge in [-0.1, -0.05) is 11.6 Å². The maximum atomic E-state index is 12.6. The molecule has 106 valence electrons. The van der Waals surface area contributed by atoms with Gasteiger partial charge in [-0.05, 0) is 32.0 Å². The lowest BCUT2D eigenvalue weighted by molar-refractivity contribution is -0.137. The molecule has 0 spiro atoms. The standard InChI is InChI=1S/C12H14ClF3N2O/c1-3-18(4-2)11(19)17-10-6-8(12(14,15)16)5-9(13)7-10/h5-7H,3-4H2,1-2H3,(H,17,19). The summed E-state index contributed by atoms with van der Waals surface area (Å²) in [6, 6.07) is 2.49. The van der Waals surface area contributed by atoms with Crippen molar-refractivity contribution in [2.45, 2.75) is 20.0 Å². The molecule has 1 N–H and O–H groups in total. The van der Waals surface area contributed by atoms with Crippen LogP contribution in [0.15, 0.2) is 18.2 Å². The van der Waals surface area contributed by atoms with E-state index in [0.29, 0.717) is 13.1 Å². The van der Waals surface area contributed by atoms with E-state index in [9.17, 15) is 18.0 Å². The summed E-state index contributed by atoms with van der Waals surface area (Å²) in [4.78, 5) is 13.2. The number of carbonyl (C=O) groups excluding carboxylic acids is 1. The van der Waals surface area contributed by atoms with Gasteiger partial charge in [0, 0.05) is 23.8 Å². The molecule has 0 aliphatic rings. The highest BCUT2D eigenvalue weighted by atomic mass is 35.5. The average Bonchev–Trinajstić information content (AvgIpc) is 2.28. The van der Waals surface area contributed by atoms with E-state index in [0.717, 1.165) is 12.1 Å². The van der Waals surface area contributed by atoms with E-state index >= 15 is 0 Å². The number of amides is 2. The molecular formula is C12H14ClF3N2O. The lowest BCUT2D eigenvalue weighted by Crippen LogP contribution is -2.34. The van der Waals surface area contributed by atoms with Gasteiger partial charge in [-0.15, -0.1) is 0 Å². The fraction of sp³-hybridized carbons (Fsp3) is 0.417. The molecule has 0 saturated carbocycles. The van der Waals surface area contributed by atoms with Gasteiger partial charge in [-0.2, -0.15) is 13.2 Å². The highest BCUT2D eigenvalue weighted by Crippen LogP contribution is 2.33. The summed E-state index contributed by atoms with van der Waals surface area (Å²) in [7, 11) is 0.